The maximum Gasteiger partial charge on any atom is 0.325 e. The number of para-hydroxylation sites is 1. The molecule has 0 saturated heterocycles. The first kappa shape index (κ1) is 14.1. The highest BCUT2D eigenvalue weighted by molar-refractivity contribution is 6.30. The van der Waals surface area contributed by atoms with Crippen LogP contribution < -0.4 is 5.32 Å². The summed E-state index contributed by atoms with van der Waals surface area (Å²) < 4.78 is 4.38. The highest BCUT2D eigenvalue weighted by atomic mass is 35.5. The summed E-state index contributed by atoms with van der Waals surface area (Å²) in [6.45, 7) is -0.151. The summed E-state index contributed by atoms with van der Waals surface area (Å²) in [6, 6.07) is 3.97. The molecule has 0 aromatic heterocycles. The molecule has 0 heterocycles. The highest BCUT2D eigenvalue weighted by Crippen LogP contribution is 2.27. The van der Waals surface area contributed by atoms with E-state index in [9.17, 15) is 19.8 Å². The average molecular weight is 274 g/mol. The van der Waals surface area contributed by atoms with Gasteiger partial charge in [-0.15, -0.1) is 11.6 Å². The number of phenols is 2. The number of carbonyl (C=O) groups is 2. The van der Waals surface area contributed by atoms with E-state index in [0.29, 0.717) is 0 Å². The second kappa shape index (κ2) is 6.11. The number of carbonyl (C=O) groups excluding carboxylic acids is 2. The molecule has 3 N–H and O–H groups in total. The number of nitrogens with one attached hydrogen (secondary N) is 1. The molecule has 1 atom stereocenters. The van der Waals surface area contributed by atoms with Gasteiger partial charge in [0.15, 0.2) is 11.5 Å². The summed E-state index contributed by atoms with van der Waals surface area (Å²) in [5, 5.41) is 20.0. The molecule has 0 bridgehead atoms. The number of hydrogen-bond acceptors (Lipinski definition) is 5. The third-order valence-corrected chi connectivity index (χ3v) is 2.49. The van der Waals surface area contributed by atoms with E-state index in [1.54, 1.807) is 0 Å². The van der Waals surface area contributed by atoms with Crippen LogP contribution in [0, 0.1) is 0 Å². The number of methoxy groups -OCH3 is 1. The fourth-order valence-electron chi connectivity index (χ4n) is 1.20. The van der Waals surface area contributed by atoms with Gasteiger partial charge < -0.3 is 20.3 Å². The maximum absolute atomic E-state index is 11.6. The number of amides is 1. The van der Waals surface area contributed by atoms with Crippen molar-refractivity contribution in [2.45, 2.75) is 5.38 Å². The van der Waals surface area contributed by atoms with Gasteiger partial charge in [-0.2, -0.15) is 0 Å². The number of halogens is 1. The predicted molar refractivity (Wildman–Crippen MR) is 63.8 cm³/mol. The zero-order chi connectivity index (χ0) is 13.7. The third-order valence-electron chi connectivity index (χ3n) is 2.16. The van der Waals surface area contributed by atoms with E-state index in [4.69, 9.17) is 11.6 Å². The lowest BCUT2D eigenvalue weighted by Gasteiger charge is -2.10. The molecular formula is C11H12ClNO5. The van der Waals surface area contributed by atoms with Crippen molar-refractivity contribution in [1.82, 2.24) is 5.32 Å². The molecule has 1 aromatic carbocycles. The van der Waals surface area contributed by atoms with Crippen LogP contribution in [-0.2, 0) is 9.53 Å². The van der Waals surface area contributed by atoms with Gasteiger partial charge in [0.25, 0.3) is 5.91 Å². The Morgan fingerprint density at radius 2 is 2.11 bits per heavy atom. The second-order valence-corrected chi connectivity index (χ2v) is 3.90. The van der Waals surface area contributed by atoms with Crippen molar-refractivity contribution in [3.05, 3.63) is 23.8 Å². The summed E-state index contributed by atoms with van der Waals surface area (Å²) in [6.07, 6.45) is 0. The third kappa shape index (κ3) is 3.27. The van der Waals surface area contributed by atoms with Crippen LogP contribution >= 0.6 is 11.6 Å². The zero-order valence-electron chi connectivity index (χ0n) is 9.51. The molecule has 0 aliphatic carbocycles. The van der Waals surface area contributed by atoms with Crippen LogP contribution in [0.25, 0.3) is 0 Å². The summed E-state index contributed by atoms with van der Waals surface area (Å²) in [4.78, 5) is 22.6. The molecule has 0 saturated carbocycles. The molecule has 98 valence electrons. The number of hydrogen-bond donors (Lipinski definition) is 3. The monoisotopic (exact) mass is 273 g/mol. The minimum atomic E-state index is -1.02. The van der Waals surface area contributed by atoms with E-state index in [0.717, 1.165) is 0 Å². The Balaban J connectivity index is 2.66. The summed E-state index contributed by atoms with van der Waals surface area (Å²) >= 11 is 5.63. The second-order valence-electron chi connectivity index (χ2n) is 3.37. The van der Waals surface area contributed by atoms with Crippen LogP contribution in [0.4, 0.5) is 0 Å². The molecule has 6 nitrogen and oxygen atoms in total. The largest absolute Gasteiger partial charge is 0.504 e. The molecule has 0 aliphatic heterocycles. The Bertz CT molecular complexity index is 463. The van der Waals surface area contributed by atoms with Crippen molar-refractivity contribution < 1.29 is 24.5 Å². The maximum atomic E-state index is 11.6. The molecule has 0 radical (unpaired) electrons. The fourth-order valence-corrected chi connectivity index (χ4v) is 1.37. The van der Waals surface area contributed by atoms with Crippen molar-refractivity contribution in [2.24, 2.45) is 0 Å². The molecule has 18 heavy (non-hydrogen) atoms. The number of phenolic OH excluding ortho intramolecular Hbond substituents is 2. The van der Waals surface area contributed by atoms with E-state index >= 15 is 0 Å². The fraction of sp³-hybridized carbons (Fsp3) is 0.273. The van der Waals surface area contributed by atoms with Crippen LogP contribution in [0.3, 0.4) is 0 Å². The Labute approximate surface area is 108 Å². The summed E-state index contributed by atoms with van der Waals surface area (Å²) in [5.74, 6) is -2.26. The highest BCUT2D eigenvalue weighted by Gasteiger charge is 2.19. The van der Waals surface area contributed by atoms with Gasteiger partial charge in [0, 0.05) is 6.54 Å². The van der Waals surface area contributed by atoms with E-state index in [-0.39, 0.29) is 12.1 Å². The van der Waals surface area contributed by atoms with Crippen LogP contribution in [0.1, 0.15) is 10.4 Å². The van der Waals surface area contributed by atoms with Crippen molar-refractivity contribution in [2.75, 3.05) is 13.7 Å². The van der Waals surface area contributed by atoms with Crippen LogP contribution in [-0.4, -0.2) is 41.1 Å². The van der Waals surface area contributed by atoms with Crippen LogP contribution in [0.15, 0.2) is 18.2 Å². The average Bonchev–Trinajstić information content (AvgIpc) is 2.37. The molecule has 1 unspecified atom stereocenters. The lowest BCUT2D eigenvalue weighted by atomic mass is 10.1. The van der Waals surface area contributed by atoms with Gasteiger partial charge in [-0.3, -0.25) is 9.59 Å². The summed E-state index contributed by atoms with van der Waals surface area (Å²) in [5.41, 5.74) is -0.108. The Morgan fingerprint density at radius 1 is 1.44 bits per heavy atom. The van der Waals surface area contributed by atoms with Gasteiger partial charge in [0.05, 0.1) is 12.7 Å². The van der Waals surface area contributed by atoms with Crippen LogP contribution in [0.2, 0.25) is 0 Å². The predicted octanol–water partition coefficient (Wildman–Crippen LogP) is 0.608. The first-order valence-corrected chi connectivity index (χ1v) is 5.42. The van der Waals surface area contributed by atoms with Crippen molar-refractivity contribution in [1.29, 1.82) is 0 Å². The molecule has 7 heteroatoms. The number of ether oxygens (including phenoxy) is 1. The van der Waals surface area contributed by atoms with Gasteiger partial charge in [-0.1, -0.05) is 6.07 Å². The molecule has 0 fully saturated rings. The first-order chi connectivity index (χ1) is 8.47. The van der Waals surface area contributed by atoms with E-state index < -0.39 is 28.8 Å². The quantitative estimate of drug-likeness (QED) is 0.424. The minimum Gasteiger partial charge on any atom is -0.504 e. The number of esters is 1. The molecule has 0 spiro atoms. The van der Waals surface area contributed by atoms with E-state index in [1.165, 1.54) is 25.3 Å². The number of aromatic hydroxyl groups is 2. The van der Waals surface area contributed by atoms with Crippen molar-refractivity contribution in [3.63, 3.8) is 0 Å². The number of rotatable bonds is 4. The standard InChI is InChI=1S/C11H12ClNO5/c1-18-11(17)7(12)5-13-10(16)6-3-2-4-8(14)9(6)15/h2-4,7,14-15H,5H2,1H3,(H,13,16). The molecule has 0 aliphatic rings. The van der Waals surface area contributed by atoms with Gasteiger partial charge in [-0.05, 0) is 12.1 Å². The molecular weight excluding hydrogens is 262 g/mol. The lowest BCUT2D eigenvalue weighted by molar-refractivity contribution is -0.140. The van der Waals surface area contributed by atoms with Crippen molar-refractivity contribution in [3.8, 4) is 11.5 Å². The SMILES string of the molecule is COC(=O)C(Cl)CNC(=O)c1cccc(O)c1O. The smallest absolute Gasteiger partial charge is 0.325 e. The van der Waals surface area contributed by atoms with Gasteiger partial charge in [0.2, 0.25) is 0 Å². The van der Waals surface area contributed by atoms with Gasteiger partial charge >= 0.3 is 5.97 Å². The first-order valence-electron chi connectivity index (χ1n) is 4.98. The zero-order valence-corrected chi connectivity index (χ0v) is 10.3. The molecule has 1 aromatic rings. The Morgan fingerprint density at radius 3 is 2.72 bits per heavy atom. The van der Waals surface area contributed by atoms with E-state index in [2.05, 4.69) is 10.1 Å². The topological polar surface area (TPSA) is 95.9 Å². The molecule has 1 rings (SSSR count). The Kier molecular flexibility index (Phi) is 4.79. The number of alkyl halides is 1. The number of benzene rings is 1. The molecule has 1 amide bonds. The normalized spacial score (nSPS) is 11.7. The van der Waals surface area contributed by atoms with Crippen molar-refractivity contribution >= 4 is 23.5 Å². The summed E-state index contributed by atoms with van der Waals surface area (Å²) in [7, 11) is 1.18. The minimum absolute atomic E-state index is 0.108. The van der Waals surface area contributed by atoms with Crippen LogP contribution in [0.5, 0.6) is 11.5 Å². The lowest BCUT2D eigenvalue weighted by Crippen LogP contribution is -2.34. The Hall–Kier alpha value is -1.95. The van der Waals surface area contributed by atoms with E-state index in [1.807, 2.05) is 0 Å². The van der Waals surface area contributed by atoms with Gasteiger partial charge in [-0.25, -0.2) is 0 Å². The van der Waals surface area contributed by atoms with Gasteiger partial charge in [0.1, 0.15) is 5.38 Å².